The second-order valence-electron chi connectivity index (χ2n) is 11.5. The molecule has 1 saturated heterocycles. The summed E-state index contributed by atoms with van der Waals surface area (Å²) in [5, 5.41) is 5.82. The van der Waals surface area contributed by atoms with E-state index in [1.807, 2.05) is 26.0 Å². The van der Waals surface area contributed by atoms with Gasteiger partial charge in [0.1, 0.15) is 11.6 Å². The number of amides is 2. The molecule has 3 aromatic carbocycles. The molecular weight excluding hydrogens is 629 g/mol. The monoisotopic (exact) mass is 660 g/mol. The van der Waals surface area contributed by atoms with Crippen LogP contribution in [0.5, 0.6) is 0 Å². The first-order valence-corrected chi connectivity index (χ1v) is 15.4. The molecule has 0 atom stereocenters. The van der Waals surface area contributed by atoms with Crippen LogP contribution in [0.4, 0.5) is 35.3 Å². The predicted octanol–water partition coefficient (Wildman–Crippen LogP) is 7.27. The standard InChI is InChI=1S/C34H32ClF3N8O/c1-21-5-7-26(42-33(47)43-27-8-9-29(35)28(19-27)34(36,37)38)17-25(21)18-31-40-22(2)41-32(44-31)46-14-12-45(13-15-46)20-23-6-10-30-24(16-23)4-3-11-39-30/h3-11,16-17,19H,12-15,18,20H2,1-2H3,(H2,42,43,47). The number of aromatic nitrogens is 4. The number of aryl methyl sites for hydroxylation is 2. The zero-order valence-electron chi connectivity index (χ0n) is 25.8. The molecule has 0 spiro atoms. The molecule has 2 N–H and O–H groups in total. The summed E-state index contributed by atoms with van der Waals surface area (Å²) in [6.07, 6.45) is -2.43. The number of benzene rings is 3. The number of nitrogens with one attached hydrogen (secondary N) is 2. The second-order valence-corrected chi connectivity index (χ2v) is 11.9. The van der Waals surface area contributed by atoms with Gasteiger partial charge in [-0.2, -0.15) is 23.1 Å². The van der Waals surface area contributed by atoms with Crippen molar-refractivity contribution in [3.63, 3.8) is 0 Å². The lowest BCUT2D eigenvalue weighted by Gasteiger charge is -2.34. The van der Waals surface area contributed by atoms with Crippen LogP contribution in [0.1, 0.15) is 33.9 Å². The van der Waals surface area contributed by atoms with E-state index >= 15 is 0 Å². The number of pyridine rings is 1. The van der Waals surface area contributed by atoms with Gasteiger partial charge in [-0.1, -0.05) is 29.8 Å². The number of halogens is 4. The number of urea groups is 1. The number of carbonyl (C=O) groups excluding carboxylic acids is 1. The molecule has 0 bridgehead atoms. The van der Waals surface area contributed by atoms with Gasteiger partial charge in [-0.3, -0.25) is 9.88 Å². The highest BCUT2D eigenvalue weighted by molar-refractivity contribution is 6.31. The maximum absolute atomic E-state index is 13.2. The summed E-state index contributed by atoms with van der Waals surface area (Å²) in [4.78, 5) is 35.6. The van der Waals surface area contributed by atoms with E-state index in [0.717, 1.165) is 66.9 Å². The molecule has 2 amide bonds. The minimum Gasteiger partial charge on any atom is -0.338 e. The van der Waals surface area contributed by atoms with Crippen LogP contribution in [-0.4, -0.2) is 57.0 Å². The van der Waals surface area contributed by atoms with Crippen LogP contribution >= 0.6 is 11.6 Å². The molecule has 5 aromatic rings. The molecule has 1 fully saturated rings. The van der Waals surface area contributed by atoms with Crippen LogP contribution < -0.4 is 15.5 Å². The minimum absolute atomic E-state index is 0.0354. The van der Waals surface area contributed by atoms with Crippen LogP contribution in [0.15, 0.2) is 72.9 Å². The van der Waals surface area contributed by atoms with Crippen molar-refractivity contribution in [1.29, 1.82) is 0 Å². The molecule has 1 aliphatic rings. The van der Waals surface area contributed by atoms with Gasteiger partial charge in [0, 0.05) is 62.1 Å². The molecule has 6 rings (SSSR count). The third kappa shape index (κ3) is 7.95. The van der Waals surface area contributed by atoms with Crippen molar-refractivity contribution in [2.45, 2.75) is 33.0 Å². The number of fused-ring (bicyclic) bond motifs is 1. The molecule has 9 nitrogen and oxygen atoms in total. The SMILES string of the molecule is Cc1nc(Cc2cc(NC(=O)Nc3ccc(Cl)c(C(F)(F)F)c3)ccc2C)nc(N2CCN(Cc3ccc4ncccc4c3)CC2)n1. The van der Waals surface area contributed by atoms with Crippen molar-refractivity contribution >= 4 is 45.9 Å². The lowest BCUT2D eigenvalue weighted by Crippen LogP contribution is -2.46. The van der Waals surface area contributed by atoms with Gasteiger partial charge in [0.25, 0.3) is 0 Å². The number of rotatable bonds is 7. The molecule has 0 radical (unpaired) electrons. The summed E-state index contributed by atoms with van der Waals surface area (Å²) in [7, 11) is 0. The second kappa shape index (κ2) is 13.5. The zero-order valence-corrected chi connectivity index (χ0v) is 26.5. The van der Waals surface area contributed by atoms with Crippen molar-refractivity contribution in [2.75, 3.05) is 41.7 Å². The van der Waals surface area contributed by atoms with Crippen molar-refractivity contribution in [3.8, 4) is 0 Å². The first kappa shape index (κ1) is 32.1. The molecule has 242 valence electrons. The predicted molar refractivity (Wildman–Crippen MR) is 177 cm³/mol. The summed E-state index contributed by atoms with van der Waals surface area (Å²) < 4.78 is 39.7. The fraction of sp³-hybridized carbons (Fsp3) is 0.265. The van der Waals surface area contributed by atoms with Crippen LogP contribution in [-0.2, 0) is 19.1 Å². The van der Waals surface area contributed by atoms with Crippen molar-refractivity contribution in [2.24, 2.45) is 0 Å². The molecule has 1 aliphatic heterocycles. The maximum Gasteiger partial charge on any atom is 0.417 e. The average molecular weight is 661 g/mol. The largest absolute Gasteiger partial charge is 0.417 e. The van der Waals surface area contributed by atoms with E-state index in [1.165, 1.54) is 11.6 Å². The Hall–Kier alpha value is -4.81. The molecule has 13 heteroatoms. The smallest absolute Gasteiger partial charge is 0.338 e. The molecule has 0 saturated carbocycles. The third-order valence-electron chi connectivity index (χ3n) is 8.00. The molecular formula is C34H32ClF3N8O. The number of piperazine rings is 1. The van der Waals surface area contributed by atoms with E-state index in [0.29, 0.717) is 29.7 Å². The van der Waals surface area contributed by atoms with Gasteiger partial charge in [0.15, 0.2) is 0 Å². The summed E-state index contributed by atoms with van der Waals surface area (Å²) in [5.41, 5.74) is 3.52. The van der Waals surface area contributed by atoms with E-state index in [4.69, 9.17) is 16.6 Å². The zero-order chi connectivity index (χ0) is 33.1. The first-order chi connectivity index (χ1) is 22.5. The highest BCUT2D eigenvalue weighted by Crippen LogP contribution is 2.36. The number of hydrogen-bond donors (Lipinski definition) is 2. The Morgan fingerprint density at radius 3 is 2.40 bits per heavy atom. The molecule has 0 unspecified atom stereocenters. The number of anilines is 3. The Morgan fingerprint density at radius 2 is 1.64 bits per heavy atom. The van der Waals surface area contributed by atoms with E-state index < -0.39 is 22.8 Å². The fourth-order valence-electron chi connectivity index (χ4n) is 5.55. The number of hydrogen-bond acceptors (Lipinski definition) is 7. The Bertz CT molecular complexity index is 1930. The quantitative estimate of drug-likeness (QED) is 0.190. The van der Waals surface area contributed by atoms with E-state index in [1.54, 1.807) is 18.3 Å². The topological polar surface area (TPSA) is 99.2 Å². The van der Waals surface area contributed by atoms with Crippen molar-refractivity contribution in [3.05, 3.63) is 112 Å². The molecule has 0 aliphatic carbocycles. The van der Waals surface area contributed by atoms with Crippen molar-refractivity contribution in [1.82, 2.24) is 24.8 Å². The summed E-state index contributed by atoms with van der Waals surface area (Å²) in [6.45, 7) is 7.95. The van der Waals surface area contributed by atoms with Crippen molar-refractivity contribution < 1.29 is 18.0 Å². The first-order valence-electron chi connectivity index (χ1n) is 15.1. The van der Waals surface area contributed by atoms with Gasteiger partial charge in [-0.15, -0.1) is 0 Å². The van der Waals surface area contributed by atoms with Gasteiger partial charge in [-0.05, 0) is 79.1 Å². The minimum atomic E-state index is -4.64. The summed E-state index contributed by atoms with van der Waals surface area (Å²) in [5.74, 6) is 1.85. The Kier molecular flexibility index (Phi) is 9.24. The summed E-state index contributed by atoms with van der Waals surface area (Å²) >= 11 is 5.69. The number of alkyl halides is 3. The normalized spacial score (nSPS) is 14.0. The van der Waals surface area contributed by atoms with Gasteiger partial charge in [0.05, 0.1) is 16.1 Å². The number of carbonyl (C=O) groups is 1. The van der Waals surface area contributed by atoms with Crippen LogP contribution in [0.3, 0.4) is 0 Å². The van der Waals surface area contributed by atoms with Gasteiger partial charge >= 0.3 is 12.2 Å². The third-order valence-corrected chi connectivity index (χ3v) is 8.33. The molecule has 47 heavy (non-hydrogen) atoms. The van der Waals surface area contributed by atoms with E-state index in [9.17, 15) is 18.0 Å². The Balaban J connectivity index is 1.08. The molecule has 2 aromatic heterocycles. The Labute approximate surface area is 274 Å². The summed E-state index contributed by atoms with van der Waals surface area (Å²) in [6, 6.07) is 18.3. The molecule has 3 heterocycles. The van der Waals surface area contributed by atoms with E-state index in [-0.39, 0.29) is 5.69 Å². The maximum atomic E-state index is 13.2. The van der Waals surface area contributed by atoms with Crippen LogP contribution in [0.2, 0.25) is 5.02 Å². The number of nitrogens with zero attached hydrogens (tertiary/aromatic N) is 6. The fourth-order valence-corrected chi connectivity index (χ4v) is 5.78. The highest BCUT2D eigenvalue weighted by Gasteiger charge is 2.33. The lowest BCUT2D eigenvalue weighted by molar-refractivity contribution is -0.137. The van der Waals surface area contributed by atoms with Gasteiger partial charge < -0.3 is 15.5 Å². The van der Waals surface area contributed by atoms with Crippen LogP contribution in [0.25, 0.3) is 10.9 Å². The van der Waals surface area contributed by atoms with E-state index in [2.05, 4.69) is 59.7 Å². The van der Waals surface area contributed by atoms with Gasteiger partial charge in [-0.25, -0.2) is 9.78 Å². The Morgan fingerprint density at radius 1 is 0.894 bits per heavy atom. The van der Waals surface area contributed by atoms with Crippen LogP contribution in [0, 0.1) is 13.8 Å². The highest BCUT2D eigenvalue weighted by atomic mass is 35.5. The van der Waals surface area contributed by atoms with Gasteiger partial charge in [0.2, 0.25) is 5.95 Å². The lowest BCUT2D eigenvalue weighted by atomic mass is 10.0. The average Bonchev–Trinajstić information content (AvgIpc) is 3.03.